The van der Waals surface area contributed by atoms with Crippen molar-refractivity contribution in [3.8, 4) is 11.5 Å². The zero-order valence-corrected chi connectivity index (χ0v) is 12.2. The van der Waals surface area contributed by atoms with Crippen molar-refractivity contribution in [2.45, 2.75) is 0 Å². The number of hydrogen-bond acceptors (Lipinski definition) is 5. The van der Waals surface area contributed by atoms with Crippen LogP contribution in [0.5, 0.6) is 11.5 Å². The van der Waals surface area contributed by atoms with E-state index in [1.807, 2.05) is 0 Å². The number of fused-ring (bicyclic) bond motifs is 1. The van der Waals surface area contributed by atoms with Crippen LogP contribution in [-0.4, -0.2) is 25.3 Å². The van der Waals surface area contributed by atoms with E-state index < -0.39 is 35.7 Å². The summed E-state index contributed by atoms with van der Waals surface area (Å²) in [6.45, 7) is -0.598. The zero-order valence-electron chi connectivity index (χ0n) is 12.2. The lowest BCUT2D eigenvalue weighted by Gasteiger charge is -2.08. The zero-order chi connectivity index (χ0) is 17.1. The van der Waals surface area contributed by atoms with E-state index in [-0.39, 0.29) is 6.79 Å². The number of nitrogens with one attached hydrogen (secondary N) is 1. The number of halogens is 2. The summed E-state index contributed by atoms with van der Waals surface area (Å²) in [6.07, 6.45) is 0. The Morgan fingerprint density at radius 1 is 1.08 bits per heavy atom. The Balaban J connectivity index is 1.59. The van der Waals surface area contributed by atoms with Crippen LogP contribution in [0.1, 0.15) is 10.4 Å². The maximum Gasteiger partial charge on any atom is 0.344 e. The molecule has 0 saturated heterocycles. The summed E-state index contributed by atoms with van der Waals surface area (Å²) in [5.74, 6) is -3.02. The van der Waals surface area contributed by atoms with Crippen LogP contribution in [0.3, 0.4) is 0 Å². The van der Waals surface area contributed by atoms with Crippen LogP contribution in [0.4, 0.5) is 14.5 Å². The third-order valence-corrected chi connectivity index (χ3v) is 3.16. The molecule has 124 valence electrons. The average molecular weight is 335 g/mol. The van der Waals surface area contributed by atoms with Crippen LogP contribution in [0.25, 0.3) is 0 Å². The van der Waals surface area contributed by atoms with E-state index in [1.54, 1.807) is 18.2 Å². The largest absolute Gasteiger partial charge is 0.454 e. The highest BCUT2D eigenvalue weighted by Gasteiger charge is 2.20. The van der Waals surface area contributed by atoms with E-state index in [2.05, 4.69) is 10.1 Å². The first-order chi connectivity index (χ1) is 11.5. The topological polar surface area (TPSA) is 73.9 Å². The summed E-state index contributed by atoms with van der Waals surface area (Å²) >= 11 is 0. The predicted molar refractivity (Wildman–Crippen MR) is 77.8 cm³/mol. The van der Waals surface area contributed by atoms with Crippen LogP contribution in [-0.2, 0) is 9.53 Å². The molecule has 8 heteroatoms. The van der Waals surface area contributed by atoms with Gasteiger partial charge in [0.25, 0.3) is 5.91 Å². The van der Waals surface area contributed by atoms with Gasteiger partial charge in [-0.3, -0.25) is 4.79 Å². The second kappa shape index (κ2) is 6.53. The van der Waals surface area contributed by atoms with Gasteiger partial charge >= 0.3 is 5.97 Å². The number of anilines is 1. The molecule has 0 fully saturated rings. The Hall–Kier alpha value is -3.16. The van der Waals surface area contributed by atoms with Crippen molar-refractivity contribution < 1.29 is 32.6 Å². The van der Waals surface area contributed by atoms with Gasteiger partial charge in [-0.05, 0) is 24.3 Å². The number of hydrogen-bond donors (Lipinski definition) is 1. The molecule has 1 amide bonds. The quantitative estimate of drug-likeness (QED) is 0.869. The molecule has 1 N–H and O–H groups in total. The molecule has 1 heterocycles. The summed E-state index contributed by atoms with van der Waals surface area (Å²) in [7, 11) is 0. The molecule has 3 rings (SSSR count). The molecule has 0 radical (unpaired) electrons. The summed E-state index contributed by atoms with van der Waals surface area (Å²) in [5, 5.41) is 2.47. The SMILES string of the molecule is O=C(COC(=O)c1c(F)cccc1F)Nc1ccc2c(c1)OCO2. The van der Waals surface area contributed by atoms with Crippen molar-refractivity contribution in [3.05, 3.63) is 53.6 Å². The van der Waals surface area contributed by atoms with Crippen molar-refractivity contribution in [1.29, 1.82) is 0 Å². The summed E-state index contributed by atoms with van der Waals surface area (Å²) in [4.78, 5) is 23.4. The molecule has 0 atom stereocenters. The fourth-order valence-corrected chi connectivity index (χ4v) is 2.07. The number of esters is 1. The maximum atomic E-state index is 13.4. The third-order valence-electron chi connectivity index (χ3n) is 3.16. The number of carbonyl (C=O) groups excluding carboxylic acids is 2. The third kappa shape index (κ3) is 3.27. The van der Waals surface area contributed by atoms with Crippen LogP contribution in [0.15, 0.2) is 36.4 Å². The fraction of sp³-hybridized carbons (Fsp3) is 0.125. The minimum absolute atomic E-state index is 0.0958. The number of rotatable bonds is 4. The van der Waals surface area contributed by atoms with Gasteiger partial charge in [0.05, 0.1) is 0 Å². The standard InChI is InChI=1S/C16H11F2NO5/c17-10-2-1-3-11(18)15(10)16(21)22-7-14(20)19-9-4-5-12-13(6-9)24-8-23-12/h1-6H,7-8H2,(H,19,20). The first-order valence-electron chi connectivity index (χ1n) is 6.85. The molecule has 0 bridgehead atoms. The number of amides is 1. The first-order valence-corrected chi connectivity index (χ1v) is 6.85. The van der Waals surface area contributed by atoms with Crippen LogP contribution in [0.2, 0.25) is 0 Å². The van der Waals surface area contributed by atoms with Gasteiger partial charge < -0.3 is 19.5 Å². The van der Waals surface area contributed by atoms with E-state index >= 15 is 0 Å². The van der Waals surface area contributed by atoms with Crippen molar-refractivity contribution in [1.82, 2.24) is 0 Å². The average Bonchev–Trinajstić information content (AvgIpc) is 3.00. The van der Waals surface area contributed by atoms with Gasteiger partial charge in [-0.1, -0.05) is 6.07 Å². The molecular weight excluding hydrogens is 324 g/mol. The molecule has 6 nitrogen and oxygen atoms in total. The first kappa shape index (κ1) is 15.7. The Morgan fingerprint density at radius 3 is 2.54 bits per heavy atom. The van der Waals surface area contributed by atoms with Gasteiger partial charge in [0.1, 0.15) is 17.2 Å². The summed E-state index contributed by atoms with van der Waals surface area (Å²) < 4.78 is 41.8. The Bertz CT molecular complexity index is 789. The van der Waals surface area contributed by atoms with E-state index in [0.717, 1.165) is 18.2 Å². The predicted octanol–water partition coefficient (Wildman–Crippen LogP) is 2.49. The Kier molecular flexibility index (Phi) is 4.28. The lowest BCUT2D eigenvalue weighted by Crippen LogP contribution is -2.21. The van der Waals surface area contributed by atoms with Gasteiger partial charge in [-0.2, -0.15) is 0 Å². The van der Waals surface area contributed by atoms with E-state index in [0.29, 0.717) is 17.2 Å². The van der Waals surface area contributed by atoms with Gasteiger partial charge in [-0.25, -0.2) is 13.6 Å². The smallest absolute Gasteiger partial charge is 0.344 e. The van der Waals surface area contributed by atoms with Gasteiger partial charge in [0.15, 0.2) is 18.1 Å². The van der Waals surface area contributed by atoms with E-state index in [4.69, 9.17) is 9.47 Å². The lowest BCUT2D eigenvalue weighted by atomic mass is 10.2. The number of carbonyl (C=O) groups is 2. The van der Waals surface area contributed by atoms with Gasteiger partial charge in [-0.15, -0.1) is 0 Å². The van der Waals surface area contributed by atoms with E-state index in [1.165, 1.54) is 0 Å². The summed E-state index contributed by atoms with van der Waals surface area (Å²) in [6, 6.07) is 7.69. The molecule has 1 aliphatic rings. The molecule has 0 unspecified atom stereocenters. The fourth-order valence-electron chi connectivity index (χ4n) is 2.07. The van der Waals surface area contributed by atoms with Crippen molar-refractivity contribution in [2.24, 2.45) is 0 Å². The Morgan fingerprint density at radius 2 is 1.79 bits per heavy atom. The van der Waals surface area contributed by atoms with Crippen LogP contribution >= 0.6 is 0 Å². The van der Waals surface area contributed by atoms with Crippen molar-refractivity contribution >= 4 is 17.6 Å². The molecular formula is C16H11F2NO5. The monoisotopic (exact) mass is 335 g/mol. The molecule has 1 aliphatic heterocycles. The van der Waals surface area contributed by atoms with Crippen LogP contribution < -0.4 is 14.8 Å². The maximum absolute atomic E-state index is 13.4. The molecule has 0 spiro atoms. The van der Waals surface area contributed by atoms with Crippen molar-refractivity contribution in [2.75, 3.05) is 18.7 Å². The van der Waals surface area contributed by atoms with Crippen LogP contribution in [0, 0.1) is 11.6 Å². The lowest BCUT2D eigenvalue weighted by molar-refractivity contribution is -0.119. The normalized spacial score (nSPS) is 11.9. The summed E-state index contributed by atoms with van der Waals surface area (Å²) in [5.41, 5.74) is -0.439. The number of benzene rings is 2. The molecule has 2 aromatic carbocycles. The highest BCUT2D eigenvalue weighted by atomic mass is 19.1. The van der Waals surface area contributed by atoms with E-state index in [9.17, 15) is 18.4 Å². The molecule has 0 aliphatic carbocycles. The van der Waals surface area contributed by atoms with Gasteiger partial charge in [0.2, 0.25) is 6.79 Å². The molecule has 24 heavy (non-hydrogen) atoms. The Labute approximate surface area is 134 Å². The molecule has 0 saturated carbocycles. The second-order valence-electron chi connectivity index (χ2n) is 4.79. The minimum atomic E-state index is -1.26. The number of ether oxygens (including phenoxy) is 3. The van der Waals surface area contributed by atoms with Crippen molar-refractivity contribution in [3.63, 3.8) is 0 Å². The highest BCUT2D eigenvalue weighted by molar-refractivity contribution is 5.95. The molecule has 2 aromatic rings. The molecule has 0 aromatic heterocycles. The second-order valence-corrected chi connectivity index (χ2v) is 4.79. The van der Waals surface area contributed by atoms with Gasteiger partial charge in [0, 0.05) is 11.8 Å². The minimum Gasteiger partial charge on any atom is -0.454 e. The highest BCUT2D eigenvalue weighted by Crippen LogP contribution is 2.34.